The number of ether oxygens (including phenoxy) is 2. The van der Waals surface area contributed by atoms with Crippen LogP contribution in [0.1, 0.15) is 50.1 Å². The van der Waals surface area contributed by atoms with Crippen molar-refractivity contribution in [1.82, 2.24) is 9.88 Å². The van der Waals surface area contributed by atoms with Crippen molar-refractivity contribution in [3.63, 3.8) is 0 Å². The first-order chi connectivity index (χ1) is 14.2. The number of aryl methyl sites for hydroxylation is 1. The third kappa shape index (κ3) is 4.13. The van der Waals surface area contributed by atoms with Gasteiger partial charge in [-0.1, -0.05) is 42.8 Å². The third-order valence-corrected chi connectivity index (χ3v) is 6.31. The van der Waals surface area contributed by atoms with Crippen LogP contribution in [0.2, 0.25) is 0 Å². The van der Waals surface area contributed by atoms with Crippen LogP contribution in [-0.2, 0) is 12.8 Å². The van der Waals surface area contributed by atoms with Gasteiger partial charge in [-0.15, -0.1) is 0 Å². The summed E-state index contributed by atoms with van der Waals surface area (Å²) in [6.07, 6.45) is 3.07. The van der Waals surface area contributed by atoms with Gasteiger partial charge in [0, 0.05) is 16.6 Å². The molecule has 1 aliphatic heterocycles. The van der Waals surface area contributed by atoms with Gasteiger partial charge in [-0.3, -0.25) is 9.88 Å². The molecule has 1 amide bonds. The summed E-state index contributed by atoms with van der Waals surface area (Å²) in [5.41, 5.74) is 2.84. The molecule has 0 saturated carbocycles. The van der Waals surface area contributed by atoms with Crippen molar-refractivity contribution in [3.8, 4) is 11.5 Å². The smallest absolute Gasteiger partial charge is 0.408 e. The number of carbonyl (C=O) groups is 1. The molecule has 1 N–H and O–H groups in total. The van der Waals surface area contributed by atoms with Gasteiger partial charge in [-0.25, -0.2) is 4.79 Å². The van der Waals surface area contributed by atoms with Gasteiger partial charge in [-0.2, -0.15) is 0 Å². The highest BCUT2D eigenvalue weighted by Gasteiger charge is 2.41. The third-order valence-electron chi connectivity index (χ3n) is 5.81. The summed E-state index contributed by atoms with van der Waals surface area (Å²) < 4.78 is 12.4. The second-order valence-corrected chi connectivity index (χ2v) is 9.94. The first kappa shape index (κ1) is 21.0. The predicted molar refractivity (Wildman–Crippen MR) is 117 cm³/mol. The summed E-state index contributed by atoms with van der Waals surface area (Å²) in [5, 5.41) is 10.3. The summed E-state index contributed by atoms with van der Waals surface area (Å²) in [7, 11) is 0. The molecule has 0 fully saturated rings. The molecule has 4 rings (SSSR count). The number of halogens is 1. The molecule has 2 aliphatic rings. The number of fused-ring (bicyclic) bond motifs is 2. The Hall–Kier alpha value is -2.28. The lowest BCUT2D eigenvalue weighted by atomic mass is 9.80. The molecule has 0 bridgehead atoms. The molecule has 2 aromatic rings. The summed E-state index contributed by atoms with van der Waals surface area (Å²) in [6.45, 7) is 7.14. The molecule has 0 spiro atoms. The van der Waals surface area contributed by atoms with Crippen molar-refractivity contribution in [2.45, 2.75) is 52.1 Å². The summed E-state index contributed by atoms with van der Waals surface area (Å²) in [5.74, 6) is 1.24. The van der Waals surface area contributed by atoms with Crippen LogP contribution in [0.4, 0.5) is 4.79 Å². The second-order valence-electron chi connectivity index (χ2n) is 9.02. The van der Waals surface area contributed by atoms with Crippen molar-refractivity contribution in [2.24, 2.45) is 5.41 Å². The van der Waals surface area contributed by atoms with Gasteiger partial charge in [0.2, 0.25) is 0 Å². The Kier molecular flexibility index (Phi) is 5.66. The maximum atomic E-state index is 12.5. The van der Waals surface area contributed by atoms with Crippen molar-refractivity contribution in [2.75, 3.05) is 13.2 Å². The highest BCUT2D eigenvalue weighted by Crippen LogP contribution is 2.43. The molecule has 7 heteroatoms. The van der Waals surface area contributed by atoms with Gasteiger partial charge >= 0.3 is 6.09 Å². The maximum absolute atomic E-state index is 12.5. The van der Waals surface area contributed by atoms with Crippen LogP contribution in [0.3, 0.4) is 0 Å². The Balaban J connectivity index is 1.71. The standard InChI is InChI=1S/C23H27BrN2O4/c1-23(2,3)21(18-12-19-20(13-25-18)30-9-8-29-19)26(22(27)28)17-7-5-14-10-16(24)6-4-15(14)11-17/h4,6,10,12-13,17,21H,5,7-9,11H2,1-3H3,(H,27,28). The van der Waals surface area contributed by atoms with Gasteiger partial charge < -0.3 is 14.6 Å². The topological polar surface area (TPSA) is 71.9 Å². The average molecular weight is 475 g/mol. The number of amides is 1. The van der Waals surface area contributed by atoms with Crippen LogP contribution >= 0.6 is 15.9 Å². The molecule has 1 aromatic heterocycles. The van der Waals surface area contributed by atoms with Crippen molar-refractivity contribution >= 4 is 22.0 Å². The first-order valence-corrected chi connectivity index (χ1v) is 11.1. The molecule has 2 unspecified atom stereocenters. The Bertz CT molecular complexity index is 957. The summed E-state index contributed by atoms with van der Waals surface area (Å²) in [4.78, 5) is 18.8. The number of aromatic nitrogens is 1. The molecule has 30 heavy (non-hydrogen) atoms. The Morgan fingerprint density at radius 3 is 2.63 bits per heavy atom. The van der Waals surface area contributed by atoms with Crippen molar-refractivity contribution in [1.29, 1.82) is 0 Å². The van der Waals surface area contributed by atoms with Gasteiger partial charge in [0.15, 0.2) is 11.5 Å². The van der Waals surface area contributed by atoms with Crippen LogP contribution in [-0.4, -0.2) is 40.3 Å². The zero-order valence-electron chi connectivity index (χ0n) is 17.5. The minimum Gasteiger partial charge on any atom is -0.486 e. The fourth-order valence-electron chi connectivity index (χ4n) is 4.54. The number of carboxylic acid groups (broad SMARTS) is 1. The number of hydrogen-bond acceptors (Lipinski definition) is 4. The van der Waals surface area contributed by atoms with Gasteiger partial charge in [0.05, 0.1) is 17.9 Å². The van der Waals surface area contributed by atoms with E-state index >= 15 is 0 Å². The normalized spacial score (nSPS) is 19.0. The van der Waals surface area contributed by atoms with E-state index in [-0.39, 0.29) is 11.5 Å². The van der Waals surface area contributed by atoms with Crippen LogP contribution < -0.4 is 9.47 Å². The van der Waals surface area contributed by atoms with Crippen LogP contribution in [0.5, 0.6) is 11.5 Å². The Morgan fingerprint density at radius 2 is 1.93 bits per heavy atom. The second kappa shape index (κ2) is 8.10. The minimum absolute atomic E-state index is 0.115. The van der Waals surface area contributed by atoms with E-state index in [1.807, 2.05) is 12.1 Å². The van der Waals surface area contributed by atoms with Crippen LogP contribution in [0, 0.1) is 5.41 Å². The molecule has 2 atom stereocenters. The zero-order chi connectivity index (χ0) is 21.5. The zero-order valence-corrected chi connectivity index (χ0v) is 19.1. The molecule has 160 valence electrons. The molecular formula is C23H27BrN2O4. The lowest BCUT2D eigenvalue weighted by molar-refractivity contribution is 0.0468. The predicted octanol–water partition coefficient (Wildman–Crippen LogP) is 5.24. The van der Waals surface area contributed by atoms with E-state index in [1.54, 1.807) is 11.1 Å². The number of rotatable bonds is 3. The fraction of sp³-hybridized carbons (Fsp3) is 0.478. The van der Waals surface area contributed by atoms with E-state index < -0.39 is 12.1 Å². The molecular weight excluding hydrogens is 448 g/mol. The monoisotopic (exact) mass is 474 g/mol. The van der Waals surface area contributed by atoms with Crippen molar-refractivity contribution < 1.29 is 19.4 Å². The number of pyridine rings is 1. The minimum atomic E-state index is -0.919. The fourth-order valence-corrected chi connectivity index (χ4v) is 4.94. The maximum Gasteiger partial charge on any atom is 0.408 e. The van der Waals surface area contributed by atoms with E-state index in [0.29, 0.717) is 36.8 Å². The quantitative estimate of drug-likeness (QED) is 0.658. The van der Waals surface area contributed by atoms with Gasteiger partial charge in [0.1, 0.15) is 13.2 Å². The van der Waals surface area contributed by atoms with E-state index in [9.17, 15) is 9.90 Å². The Labute approximate surface area is 185 Å². The van der Waals surface area contributed by atoms with Gasteiger partial charge in [0.25, 0.3) is 0 Å². The molecule has 1 aromatic carbocycles. The number of nitrogens with zero attached hydrogens (tertiary/aromatic N) is 2. The van der Waals surface area contributed by atoms with E-state index in [0.717, 1.165) is 17.3 Å². The molecule has 0 radical (unpaired) electrons. The lowest BCUT2D eigenvalue weighted by Gasteiger charge is -2.44. The molecule has 6 nitrogen and oxygen atoms in total. The molecule has 2 heterocycles. The van der Waals surface area contributed by atoms with Crippen LogP contribution in [0.25, 0.3) is 0 Å². The summed E-state index contributed by atoms with van der Waals surface area (Å²) in [6, 6.07) is 7.58. The molecule has 0 saturated heterocycles. The van der Waals surface area contributed by atoms with Gasteiger partial charge in [-0.05, 0) is 47.9 Å². The molecule has 1 aliphatic carbocycles. The van der Waals surface area contributed by atoms with E-state index in [4.69, 9.17) is 9.47 Å². The highest BCUT2D eigenvalue weighted by atomic mass is 79.9. The van der Waals surface area contributed by atoms with Crippen molar-refractivity contribution in [3.05, 3.63) is 51.8 Å². The van der Waals surface area contributed by atoms with E-state index in [2.05, 4.69) is 53.8 Å². The average Bonchev–Trinajstić information content (AvgIpc) is 2.70. The lowest BCUT2D eigenvalue weighted by Crippen LogP contribution is -2.49. The van der Waals surface area contributed by atoms with E-state index in [1.165, 1.54) is 11.1 Å². The largest absolute Gasteiger partial charge is 0.486 e. The Morgan fingerprint density at radius 1 is 1.20 bits per heavy atom. The van der Waals surface area contributed by atoms with Crippen LogP contribution in [0.15, 0.2) is 34.9 Å². The first-order valence-electron chi connectivity index (χ1n) is 10.3. The highest BCUT2D eigenvalue weighted by molar-refractivity contribution is 9.10. The number of benzene rings is 1. The summed E-state index contributed by atoms with van der Waals surface area (Å²) >= 11 is 3.53. The SMILES string of the molecule is CC(C)(C)C(c1cc2c(cn1)OCCO2)N(C(=O)O)C1CCc2cc(Br)ccc2C1. The number of hydrogen-bond donors (Lipinski definition) is 1.